The summed E-state index contributed by atoms with van der Waals surface area (Å²) in [6.45, 7) is 0. The van der Waals surface area contributed by atoms with Gasteiger partial charge in [0.25, 0.3) is 0 Å². The Balaban J connectivity index is 1.93. The van der Waals surface area contributed by atoms with E-state index in [1.54, 1.807) is 0 Å². The highest BCUT2D eigenvalue weighted by atomic mass is 32.2. The van der Waals surface area contributed by atoms with Crippen LogP contribution in [-0.2, 0) is 15.9 Å². The summed E-state index contributed by atoms with van der Waals surface area (Å²) in [4.78, 5) is 0. The molecule has 156 valence electrons. The molecule has 0 bridgehead atoms. The van der Waals surface area contributed by atoms with Crippen LogP contribution in [0, 0.1) is 0 Å². The average Bonchev–Trinajstić information content (AvgIpc) is 3.03. The predicted molar refractivity (Wildman–Crippen MR) is 91.6 cm³/mol. The zero-order valence-corrected chi connectivity index (χ0v) is 15.2. The molecule has 7 nitrogen and oxygen atoms in total. The number of fused-ring (bicyclic) bond motifs is 1. The second-order valence-corrected chi connectivity index (χ2v) is 7.80. The molecule has 0 radical (unpaired) electrons. The SMILES string of the molecule is NS(=O)(=O)CCC(F)(F)c1nnc2ccc(-c3ccc(OC(F)(F)F)cc3)cn12. The lowest BCUT2D eigenvalue weighted by Gasteiger charge is -2.14. The number of hydrogen-bond donors (Lipinski definition) is 1. The van der Waals surface area contributed by atoms with Crippen molar-refractivity contribution in [3.8, 4) is 16.9 Å². The fourth-order valence-electron chi connectivity index (χ4n) is 2.54. The molecule has 0 unspecified atom stereocenters. The molecule has 0 saturated heterocycles. The summed E-state index contributed by atoms with van der Waals surface area (Å²) < 4.78 is 92.3. The van der Waals surface area contributed by atoms with Crippen LogP contribution < -0.4 is 9.88 Å². The van der Waals surface area contributed by atoms with Gasteiger partial charge < -0.3 is 4.74 Å². The number of pyridine rings is 1. The van der Waals surface area contributed by atoms with Crippen molar-refractivity contribution < 1.29 is 35.1 Å². The molecule has 3 aromatic rings. The Morgan fingerprint density at radius 1 is 0.966 bits per heavy atom. The number of ether oxygens (including phenoxy) is 1. The highest BCUT2D eigenvalue weighted by Crippen LogP contribution is 2.32. The molecule has 1 aromatic carbocycles. The van der Waals surface area contributed by atoms with Gasteiger partial charge in [0.1, 0.15) is 5.75 Å². The fourth-order valence-corrected chi connectivity index (χ4v) is 3.08. The Kier molecular flexibility index (Phi) is 5.21. The van der Waals surface area contributed by atoms with Gasteiger partial charge in [0.15, 0.2) is 5.65 Å². The van der Waals surface area contributed by atoms with Crippen molar-refractivity contribution in [3.05, 3.63) is 48.4 Å². The highest BCUT2D eigenvalue weighted by molar-refractivity contribution is 7.89. The van der Waals surface area contributed by atoms with Crippen molar-refractivity contribution in [3.63, 3.8) is 0 Å². The van der Waals surface area contributed by atoms with E-state index in [9.17, 15) is 30.4 Å². The largest absolute Gasteiger partial charge is 0.573 e. The zero-order valence-electron chi connectivity index (χ0n) is 14.4. The number of nitrogens with two attached hydrogens (primary N) is 1. The van der Waals surface area contributed by atoms with Crippen LogP contribution in [-0.4, -0.2) is 35.1 Å². The lowest BCUT2D eigenvalue weighted by molar-refractivity contribution is -0.274. The third-order valence-electron chi connectivity index (χ3n) is 3.85. The summed E-state index contributed by atoms with van der Waals surface area (Å²) in [5, 5.41) is 11.8. The maximum Gasteiger partial charge on any atom is 0.573 e. The van der Waals surface area contributed by atoms with E-state index in [1.165, 1.54) is 30.5 Å². The number of aromatic nitrogens is 3. The molecule has 0 aliphatic rings. The van der Waals surface area contributed by atoms with E-state index in [0.29, 0.717) is 11.1 Å². The molecule has 0 saturated carbocycles. The molecular weight excluding hydrogens is 423 g/mol. The number of benzene rings is 1. The van der Waals surface area contributed by atoms with E-state index in [-0.39, 0.29) is 5.65 Å². The number of nitrogens with zero attached hydrogens (tertiary/aromatic N) is 3. The van der Waals surface area contributed by atoms with Crippen LogP contribution in [0.25, 0.3) is 16.8 Å². The maximum atomic E-state index is 14.4. The molecule has 3 rings (SSSR count). The van der Waals surface area contributed by atoms with Crippen LogP contribution in [0.5, 0.6) is 5.75 Å². The van der Waals surface area contributed by atoms with Crippen LogP contribution in [0.4, 0.5) is 22.0 Å². The Morgan fingerprint density at radius 3 is 2.17 bits per heavy atom. The predicted octanol–water partition coefficient (Wildman–Crippen LogP) is 3.07. The Labute approximate surface area is 161 Å². The quantitative estimate of drug-likeness (QED) is 0.599. The molecule has 0 amide bonds. The Hall–Kier alpha value is -2.80. The first-order valence-electron chi connectivity index (χ1n) is 7.94. The summed E-state index contributed by atoms with van der Waals surface area (Å²) >= 11 is 0. The molecule has 2 heterocycles. The summed E-state index contributed by atoms with van der Waals surface area (Å²) in [7, 11) is -4.10. The third-order valence-corrected chi connectivity index (χ3v) is 4.62. The first-order valence-corrected chi connectivity index (χ1v) is 9.65. The Bertz CT molecular complexity index is 1130. The van der Waals surface area contributed by atoms with Crippen LogP contribution in [0.3, 0.4) is 0 Å². The molecule has 0 aliphatic heterocycles. The van der Waals surface area contributed by atoms with Crippen molar-refractivity contribution in [2.24, 2.45) is 5.14 Å². The third kappa shape index (κ3) is 5.17. The van der Waals surface area contributed by atoms with Gasteiger partial charge in [0, 0.05) is 12.6 Å². The number of halogens is 5. The van der Waals surface area contributed by atoms with Gasteiger partial charge in [0.2, 0.25) is 15.8 Å². The average molecular weight is 436 g/mol. The number of hydrogen-bond acceptors (Lipinski definition) is 5. The van der Waals surface area contributed by atoms with Gasteiger partial charge in [-0.15, -0.1) is 23.4 Å². The first kappa shape index (κ1) is 20.9. The fraction of sp³-hybridized carbons (Fsp3) is 0.250. The summed E-state index contributed by atoms with van der Waals surface area (Å²) in [5.41, 5.74) is 0.893. The van der Waals surface area contributed by atoms with Crippen LogP contribution >= 0.6 is 0 Å². The van der Waals surface area contributed by atoms with E-state index >= 15 is 0 Å². The van der Waals surface area contributed by atoms with Gasteiger partial charge in [0.05, 0.1) is 5.75 Å². The molecule has 0 fully saturated rings. The van der Waals surface area contributed by atoms with Crippen molar-refractivity contribution in [1.29, 1.82) is 0 Å². The second kappa shape index (κ2) is 7.22. The molecular formula is C16H13F5N4O3S. The second-order valence-electron chi connectivity index (χ2n) is 6.06. The smallest absolute Gasteiger partial charge is 0.406 e. The van der Waals surface area contributed by atoms with Crippen molar-refractivity contribution >= 4 is 15.7 Å². The normalized spacial score (nSPS) is 13.0. The molecule has 2 aromatic heterocycles. The van der Waals surface area contributed by atoms with E-state index in [2.05, 4.69) is 14.9 Å². The summed E-state index contributed by atoms with van der Waals surface area (Å²) in [5.74, 6) is -5.79. The van der Waals surface area contributed by atoms with Gasteiger partial charge >= 0.3 is 12.3 Å². The number of rotatable bonds is 6. The van der Waals surface area contributed by atoms with Gasteiger partial charge in [-0.25, -0.2) is 13.6 Å². The zero-order chi connectivity index (χ0) is 21.4. The maximum absolute atomic E-state index is 14.4. The van der Waals surface area contributed by atoms with Crippen molar-refractivity contribution in [1.82, 2.24) is 14.6 Å². The van der Waals surface area contributed by atoms with Gasteiger partial charge in [-0.2, -0.15) is 8.78 Å². The topological polar surface area (TPSA) is 99.6 Å². The lowest BCUT2D eigenvalue weighted by Crippen LogP contribution is -2.25. The molecule has 13 heteroatoms. The number of alkyl halides is 5. The van der Waals surface area contributed by atoms with Gasteiger partial charge in [-0.1, -0.05) is 12.1 Å². The molecule has 0 spiro atoms. The standard InChI is InChI=1S/C16H13F5N4O3S/c17-15(18,7-8-29(22,26)27)14-24-23-13-6-3-11(9-25(13)14)10-1-4-12(5-2-10)28-16(19,20)21/h1-6,9H,7-8H2,(H2,22,26,27). The Morgan fingerprint density at radius 2 is 1.59 bits per heavy atom. The summed E-state index contributed by atoms with van der Waals surface area (Å²) in [6.07, 6.45) is -4.64. The minimum atomic E-state index is -4.83. The number of primary sulfonamides is 1. The molecule has 0 aliphatic carbocycles. The monoisotopic (exact) mass is 436 g/mol. The van der Waals surface area contributed by atoms with Crippen molar-refractivity contribution in [2.45, 2.75) is 18.7 Å². The van der Waals surface area contributed by atoms with Crippen LogP contribution in [0.2, 0.25) is 0 Å². The minimum Gasteiger partial charge on any atom is -0.406 e. The highest BCUT2D eigenvalue weighted by Gasteiger charge is 2.38. The van der Waals surface area contributed by atoms with E-state index < -0.39 is 46.1 Å². The van der Waals surface area contributed by atoms with E-state index in [0.717, 1.165) is 16.5 Å². The first-order chi connectivity index (χ1) is 13.3. The van der Waals surface area contributed by atoms with Crippen LogP contribution in [0.1, 0.15) is 12.2 Å². The van der Waals surface area contributed by atoms with Gasteiger partial charge in [-0.3, -0.25) is 4.40 Å². The van der Waals surface area contributed by atoms with Crippen molar-refractivity contribution in [2.75, 3.05) is 5.75 Å². The van der Waals surface area contributed by atoms with E-state index in [4.69, 9.17) is 5.14 Å². The molecule has 29 heavy (non-hydrogen) atoms. The lowest BCUT2D eigenvalue weighted by atomic mass is 10.1. The van der Waals surface area contributed by atoms with Crippen LogP contribution in [0.15, 0.2) is 42.6 Å². The summed E-state index contributed by atoms with van der Waals surface area (Å²) in [6, 6.07) is 7.73. The number of sulfonamides is 1. The van der Waals surface area contributed by atoms with Gasteiger partial charge in [-0.05, 0) is 35.4 Å². The minimum absolute atomic E-state index is 0.0797. The molecule has 2 N–H and O–H groups in total. The molecule has 0 atom stereocenters. The van der Waals surface area contributed by atoms with E-state index in [1.807, 2.05) is 0 Å².